The van der Waals surface area contributed by atoms with Crippen LogP contribution in [0.3, 0.4) is 0 Å². The van der Waals surface area contributed by atoms with E-state index in [1.54, 1.807) is 22.6 Å². The molecule has 29 heavy (non-hydrogen) atoms. The van der Waals surface area contributed by atoms with Gasteiger partial charge in [-0.1, -0.05) is 36.4 Å². The van der Waals surface area contributed by atoms with Gasteiger partial charge in [0.15, 0.2) is 5.65 Å². The molecule has 0 spiro atoms. The summed E-state index contributed by atoms with van der Waals surface area (Å²) in [7, 11) is 0. The Morgan fingerprint density at radius 3 is 2.90 bits per heavy atom. The number of aromatic nitrogens is 3. The highest BCUT2D eigenvalue weighted by Gasteiger charge is 2.43. The molecular formula is C21H25N5O3. The van der Waals surface area contributed by atoms with Crippen LogP contribution < -0.4 is 5.32 Å². The summed E-state index contributed by atoms with van der Waals surface area (Å²) in [5.74, 6) is -0.249. The lowest BCUT2D eigenvalue weighted by atomic mass is 9.94. The van der Waals surface area contributed by atoms with E-state index in [1.807, 2.05) is 18.2 Å². The molecule has 2 N–H and O–H groups in total. The Morgan fingerprint density at radius 1 is 1.28 bits per heavy atom. The first-order chi connectivity index (χ1) is 14.1. The van der Waals surface area contributed by atoms with Crippen LogP contribution in [0.15, 0.2) is 54.9 Å². The Labute approximate surface area is 169 Å². The van der Waals surface area contributed by atoms with E-state index < -0.39 is 5.54 Å². The predicted molar refractivity (Wildman–Crippen MR) is 107 cm³/mol. The zero-order chi connectivity index (χ0) is 20.3. The number of nitrogens with one attached hydrogen (secondary N) is 1. The summed E-state index contributed by atoms with van der Waals surface area (Å²) >= 11 is 0. The number of hydrogen-bond donors (Lipinski definition) is 2. The lowest BCUT2D eigenvalue weighted by Gasteiger charge is -2.49. The van der Waals surface area contributed by atoms with E-state index in [4.69, 9.17) is 4.74 Å². The number of carbonyl (C=O) groups excluding carboxylic acids is 1. The molecule has 0 unspecified atom stereocenters. The molecule has 8 nitrogen and oxygen atoms in total. The summed E-state index contributed by atoms with van der Waals surface area (Å²) in [5, 5.41) is 21.1. The quantitative estimate of drug-likeness (QED) is 0.650. The third kappa shape index (κ3) is 3.87. The van der Waals surface area contributed by atoms with Crippen LogP contribution in [0.25, 0.3) is 5.65 Å². The summed E-state index contributed by atoms with van der Waals surface area (Å²) in [5.41, 5.74) is 1.50. The number of benzene rings is 1. The third-order valence-electron chi connectivity index (χ3n) is 5.50. The van der Waals surface area contributed by atoms with Crippen molar-refractivity contribution in [1.82, 2.24) is 24.8 Å². The van der Waals surface area contributed by atoms with E-state index >= 15 is 0 Å². The Morgan fingerprint density at radius 2 is 2.10 bits per heavy atom. The summed E-state index contributed by atoms with van der Waals surface area (Å²) in [6, 6.07) is 15.5. The van der Waals surface area contributed by atoms with Crippen molar-refractivity contribution in [2.24, 2.45) is 0 Å². The number of aliphatic hydroxyl groups excluding tert-OH is 1. The second kappa shape index (κ2) is 8.28. The number of hydrogen-bond acceptors (Lipinski definition) is 6. The molecular weight excluding hydrogens is 370 g/mol. The van der Waals surface area contributed by atoms with Crippen LogP contribution in [0.5, 0.6) is 0 Å². The van der Waals surface area contributed by atoms with E-state index in [2.05, 4.69) is 39.5 Å². The lowest BCUT2D eigenvalue weighted by molar-refractivity contribution is -0.121. The minimum Gasteiger partial charge on any atom is -0.394 e. The molecule has 8 heteroatoms. The fraction of sp³-hybridized carbons (Fsp3) is 0.381. The van der Waals surface area contributed by atoms with Crippen molar-refractivity contribution < 1.29 is 14.6 Å². The number of morpholine rings is 1. The molecule has 2 atom stereocenters. The first kappa shape index (κ1) is 19.5. The maximum atomic E-state index is 12.9. The molecule has 1 aliphatic rings. The van der Waals surface area contributed by atoms with Gasteiger partial charge in [-0.05, 0) is 24.6 Å². The van der Waals surface area contributed by atoms with E-state index in [9.17, 15) is 9.90 Å². The van der Waals surface area contributed by atoms with Crippen molar-refractivity contribution in [3.63, 3.8) is 0 Å². The van der Waals surface area contributed by atoms with Crippen molar-refractivity contribution >= 4 is 11.6 Å². The molecule has 1 aromatic carbocycles. The summed E-state index contributed by atoms with van der Waals surface area (Å²) < 4.78 is 7.42. The van der Waals surface area contributed by atoms with Gasteiger partial charge in [-0.2, -0.15) is 0 Å². The van der Waals surface area contributed by atoms with Gasteiger partial charge in [0.25, 0.3) is 5.91 Å². The lowest BCUT2D eigenvalue weighted by Crippen LogP contribution is -2.66. The number of nitrogens with zero attached hydrogens (tertiary/aromatic N) is 4. The summed E-state index contributed by atoms with van der Waals surface area (Å²) in [4.78, 5) is 15.1. The van der Waals surface area contributed by atoms with Crippen LogP contribution >= 0.6 is 0 Å². The van der Waals surface area contributed by atoms with Crippen molar-refractivity contribution in [1.29, 1.82) is 0 Å². The van der Waals surface area contributed by atoms with Gasteiger partial charge in [-0.15, -0.1) is 10.2 Å². The van der Waals surface area contributed by atoms with Crippen molar-refractivity contribution in [3.8, 4) is 0 Å². The van der Waals surface area contributed by atoms with Gasteiger partial charge < -0.3 is 15.2 Å². The standard InChI is InChI=1S/C21H25N5O3/c1-16-11-29-14-21(13-27,26(16)10-17-6-3-2-4-7-17)12-22-20(28)18-8-5-9-19-24-23-15-25(18)19/h2-9,15-16,27H,10-14H2,1H3,(H,22,28)/t16-,21+/m1/s1. The van der Waals surface area contributed by atoms with Gasteiger partial charge in [0.05, 0.1) is 25.4 Å². The zero-order valence-electron chi connectivity index (χ0n) is 16.4. The van der Waals surface area contributed by atoms with E-state index in [-0.39, 0.29) is 25.1 Å². The topological polar surface area (TPSA) is 92.0 Å². The van der Waals surface area contributed by atoms with Gasteiger partial charge in [-0.3, -0.25) is 14.1 Å². The number of amides is 1. The average molecular weight is 395 g/mol. The van der Waals surface area contributed by atoms with Crippen molar-refractivity contribution in [2.45, 2.75) is 25.0 Å². The van der Waals surface area contributed by atoms with Gasteiger partial charge in [-0.25, -0.2) is 0 Å². The SMILES string of the molecule is C[C@@H]1COC[C@@](CO)(CNC(=O)c2cccc3nncn23)N1Cc1ccccc1. The van der Waals surface area contributed by atoms with Crippen molar-refractivity contribution in [3.05, 3.63) is 66.1 Å². The molecule has 0 bridgehead atoms. The number of pyridine rings is 1. The number of aliphatic hydroxyl groups is 1. The molecule has 0 radical (unpaired) electrons. The fourth-order valence-electron chi connectivity index (χ4n) is 3.88. The van der Waals surface area contributed by atoms with Crippen LogP contribution in [0.1, 0.15) is 23.0 Å². The number of fused-ring (bicyclic) bond motifs is 1. The maximum absolute atomic E-state index is 12.9. The Balaban J connectivity index is 1.54. The maximum Gasteiger partial charge on any atom is 0.268 e. The molecule has 4 rings (SSSR count). The van der Waals surface area contributed by atoms with Gasteiger partial charge >= 0.3 is 0 Å². The molecule has 1 saturated heterocycles. The van der Waals surface area contributed by atoms with Crippen LogP contribution in [0, 0.1) is 0 Å². The Bertz CT molecular complexity index is 977. The van der Waals surface area contributed by atoms with Crippen LogP contribution in [-0.2, 0) is 11.3 Å². The second-order valence-electron chi connectivity index (χ2n) is 7.51. The van der Waals surface area contributed by atoms with E-state index in [0.717, 1.165) is 5.56 Å². The van der Waals surface area contributed by atoms with E-state index in [0.29, 0.717) is 31.1 Å². The van der Waals surface area contributed by atoms with E-state index in [1.165, 1.54) is 6.33 Å². The number of rotatable bonds is 6. The summed E-state index contributed by atoms with van der Waals surface area (Å²) in [6.07, 6.45) is 1.51. The fourth-order valence-corrected chi connectivity index (χ4v) is 3.88. The normalized spacial score (nSPS) is 22.6. The highest BCUT2D eigenvalue weighted by atomic mass is 16.5. The highest BCUT2D eigenvalue weighted by Crippen LogP contribution is 2.26. The molecule has 3 aromatic rings. The summed E-state index contributed by atoms with van der Waals surface area (Å²) in [6.45, 7) is 3.81. The van der Waals surface area contributed by atoms with Crippen LogP contribution in [0.2, 0.25) is 0 Å². The van der Waals surface area contributed by atoms with Crippen LogP contribution in [-0.4, -0.2) is 68.5 Å². The molecule has 0 aliphatic carbocycles. The number of carbonyl (C=O) groups is 1. The smallest absolute Gasteiger partial charge is 0.268 e. The second-order valence-corrected chi connectivity index (χ2v) is 7.51. The molecule has 1 fully saturated rings. The Kier molecular flexibility index (Phi) is 5.57. The predicted octanol–water partition coefficient (Wildman–Crippen LogP) is 1.11. The monoisotopic (exact) mass is 395 g/mol. The molecule has 2 aromatic heterocycles. The molecule has 3 heterocycles. The molecule has 0 saturated carbocycles. The van der Waals surface area contributed by atoms with Gasteiger partial charge in [0, 0.05) is 19.1 Å². The van der Waals surface area contributed by atoms with Gasteiger partial charge in [0.2, 0.25) is 0 Å². The molecule has 1 aliphatic heterocycles. The largest absolute Gasteiger partial charge is 0.394 e. The average Bonchev–Trinajstić information content (AvgIpc) is 3.24. The minimum absolute atomic E-state index is 0.106. The molecule has 152 valence electrons. The number of ether oxygens (including phenoxy) is 1. The van der Waals surface area contributed by atoms with Crippen LogP contribution in [0.4, 0.5) is 0 Å². The molecule has 1 amide bonds. The van der Waals surface area contributed by atoms with Crippen molar-refractivity contribution in [2.75, 3.05) is 26.4 Å². The van der Waals surface area contributed by atoms with Gasteiger partial charge in [0.1, 0.15) is 12.0 Å². The first-order valence-corrected chi connectivity index (χ1v) is 9.69. The minimum atomic E-state index is -0.704. The highest BCUT2D eigenvalue weighted by molar-refractivity contribution is 5.93. The third-order valence-corrected chi connectivity index (χ3v) is 5.50. The first-order valence-electron chi connectivity index (χ1n) is 9.69. The Hall–Kier alpha value is -2.81. The zero-order valence-corrected chi connectivity index (χ0v) is 16.4.